The molecule has 1 aromatic rings. The summed E-state index contributed by atoms with van der Waals surface area (Å²) in [4.78, 5) is 36.7. The predicted molar refractivity (Wildman–Crippen MR) is 75.1 cm³/mol. The highest BCUT2D eigenvalue weighted by atomic mass is 16.4. The smallest absolute Gasteiger partial charge is 0.392 e. The molecule has 0 bridgehead atoms. The van der Waals surface area contributed by atoms with E-state index in [1.807, 2.05) is 6.92 Å². The van der Waals surface area contributed by atoms with Crippen molar-refractivity contribution in [3.63, 3.8) is 0 Å². The number of hydrogen-bond acceptors (Lipinski definition) is 6. The molecular weight excluding hydrogens is 290 g/mol. The van der Waals surface area contributed by atoms with Gasteiger partial charge in [-0.3, -0.25) is 9.59 Å². The maximum atomic E-state index is 12.4. The van der Waals surface area contributed by atoms with Crippen molar-refractivity contribution >= 4 is 17.5 Å². The zero-order valence-corrected chi connectivity index (χ0v) is 12.2. The highest BCUT2D eigenvalue weighted by Gasteiger charge is 2.33. The monoisotopic (exact) mass is 307 g/mol. The number of hydrazone groups is 1. The van der Waals surface area contributed by atoms with Gasteiger partial charge >= 0.3 is 5.76 Å². The number of hydrogen-bond donors (Lipinski definition) is 1. The second-order valence-corrected chi connectivity index (χ2v) is 5.35. The summed E-state index contributed by atoms with van der Waals surface area (Å²) >= 11 is 0. The van der Waals surface area contributed by atoms with Crippen molar-refractivity contribution in [3.05, 3.63) is 16.4 Å². The van der Waals surface area contributed by atoms with Crippen LogP contribution in [0.15, 0.2) is 14.3 Å². The molecule has 2 aliphatic rings. The predicted octanol–water partition coefficient (Wildman–Crippen LogP) is -0.323. The normalized spacial score (nSPS) is 19.7. The second-order valence-electron chi connectivity index (χ2n) is 5.35. The molecule has 9 nitrogen and oxygen atoms in total. The molecule has 1 N–H and O–H groups in total. The SMILES string of the molecule is CCN1N=C(C(=O)N2CCC(c3n[nH]c(=O)o3)CC2)CC1=O. The van der Waals surface area contributed by atoms with Gasteiger partial charge in [0.05, 0.1) is 6.42 Å². The van der Waals surface area contributed by atoms with Gasteiger partial charge in [0.2, 0.25) is 11.8 Å². The molecule has 22 heavy (non-hydrogen) atoms. The van der Waals surface area contributed by atoms with Gasteiger partial charge in [-0.15, -0.1) is 5.10 Å². The fourth-order valence-corrected chi connectivity index (χ4v) is 2.76. The fraction of sp³-hybridized carbons (Fsp3) is 0.615. The van der Waals surface area contributed by atoms with E-state index in [0.29, 0.717) is 44.1 Å². The third-order valence-electron chi connectivity index (χ3n) is 3.98. The third-order valence-corrected chi connectivity index (χ3v) is 3.98. The molecule has 0 saturated carbocycles. The molecule has 3 rings (SSSR count). The summed E-state index contributed by atoms with van der Waals surface area (Å²) in [6.45, 7) is 3.34. The Hall–Kier alpha value is -2.45. The van der Waals surface area contributed by atoms with Crippen LogP contribution in [-0.2, 0) is 9.59 Å². The van der Waals surface area contributed by atoms with Crippen LogP contribution in [0.1, 0.15) is 38.0 Å². The number of carbonyl (C=O) groups excluding carboxylic acids is 2. The summed E-state index contributed by atoms with van der Waals surface area (Å²) in [7, 11) is 0. The standard InChI is InChI=1S/C13H17N5O4/c1-2-18-10(19)7-9(16-18)12(20)17-5-3-8(4-6-17)11-14-15-13(21)22-11/h8H,2-7H2,1H3,(H,15,21). The van der Waals surface area contributed by atoms with Gasteiger partial charge in [0.25, 0.3) is 5.91 Å². The number of rotatable bonds is 3. The van der Waals surface area contributed by atoms with Crippen LogP contribution in [0, 0.1) is 0 Å². The average Bonchev–Trinajstić information content (AvgIpc) is 3.12. The van der Waals surface area contributed by atoms with Crippen molar-refractivity contribution < 1.29 is 14.0 Å². The lowest BCUT2D eigenvalue weighted by molar-refractivity contribution is -0.129. The Morgan fingerprint density at radius 2 is 2.09 bits per heavy atom. The Bertz CT molecular complexity index is 668. The Labute approximate surface area is 126 Å². The van der Waals surface area contributed by atoms with Crippen molar-refractivity contribution in [2.24, 2.45) is 5.10 Å². The highest BCUT2D eigenvalue weighted by molar-refractivity contribution is 6.43. The van der Waals surface area contributed by atoms with Gasteiger partial charge in [0.15, 0.2) is 0 Å². The van der Waals surface area contributed by atoms with Gasteiger partial charge in [-0.05, 0) is 19.8 Å². The summed E-state index contributed by atoms with van der Waals surface area (Å²) in [5, 5.41) is 11.5. The minimum atomic E-state index is -0.563. The number of H-pyrrole nitrogens is 1. The van der Waals surface area contributed by atoms with Gasteiger partial charge in [0, 0.05) is 25.6 Å². The van der Waals surface area contributed by atoms with E-state index in [1.165, 1.54) is 5.01 Å². The molecule has 0 atom stereocenters. The van der Waals surface area contributed by atoms with Crippen LogP contribution < -0.4 is 5.76 Å². The third kappa shape index (κ3) is 2.66. The van der Waals surface area contributed by atoms with E-state index in [9.17, 15) is 14.4 Å². The minimum Gasteiger partial charge on any atom is -0.392 e. The van der Waals surface area contributed by atoms with Crippen LogP contribution in [0.3, 0.4) is 0 Å². The fourth-order valence-electron chi connectivity index (χ4n) is 2.76. The summed E-state index contributed by atoms with van der Waals surface area (Å²) in [6, 6.07) is 0. The van der Waals surface area contributed by atoms with Crippen molar-refractivity contribution in [1.82, 2.24) is 20.1 Å². The first kappa shape index (κ1) is 14.5. The highest BCUT2D eigenvalue weighted by Crippen LogP contribution is 2.26. The maximum absolute atomic E-state index is 12.4. The molecule has 2 amide bonds. The van der Waals surface area contributed by atoms with E-state index >= 15 is 0 Å². The molecule has 9 heteroatoms. The largest absolute Gasteiger partial charge is 0.434 e. The Morgan fingerprint density at radius 3 is 2.64 bits per heavy atom. The lowest BCUT2D eigenvalue weighted by Crippen LogP contribution is -2.41. The first-order chi connectivity index (χ1) is 10.6. The Kier molecular flexibility index (Phi) is 3.78. The maximum Gasteiger partial charge on any atom is 0.434 e. The van der Waals surface area contributed by atoms with Crippen LogP contribution in [-0.4, -0.2) is 57.3 Å². The van der Waals surface area contributed by atoms with E-state index in [0.717, 1.165) is 0 Å². The summed E-state index contributed by atoms with van der Waals surface area (Å²) in [6.07, 6.45) is 1.40. The van der Waals surface area contributed by atoms with Crippen LogP contribution in [0.25, 0.3) is 0 Å². The van der Waals surface area contributed by atoms with Crippen LogP contribution >= 0.6 is 0 Å². The van der Waals surface area contributed by atoms with Gasteiger partial charge < -0.3 is 9.32 Å². The van der Waals surface area contributed by atoms with Crippen LogP contribution in [0.4, 0.5) is 0 Å². The Balaban J connectivity index is 1.61. The first-order valence-electron chi connectivity index (χ1n) is 7.31. The topological polar surface area (TPSA) is 112 Å². The van der Waals surface area contributed by atoms with Gasteiger partial charge in [-0.2, -0.15) is 5.10 Å². The number of amides is 2. The average molecular weight is 307 g/mol. The molecule has 0 radical (unpaired) electrons. The van der Waals surface area contributed by atoms with Crippen LogP contribution in [0.5, 0.6) is 0 Å². The summed E-state index contributed by atoms with van der Waals surface area (Å²) in [5.41, 5.74) is 0.302. The lowest BCUT2D eigenvalue weighted by atomic mass is 9.96. The zero-order chi connectivity index (χ0) is 15.7. The van der Waals surface area contributed by atoms with Crippen molar-refractivity contribution in [3.8, 4) is 0 Å². The minimum absolute atomic E-state index is 0.0299. The molecule has 0 aromatic carbocycles. The van der Waals surface area contributed by atoms with Crippen molar-refractivity contribution in [2.45, 2.75) is 32.1 Å². The summed E-state index contributed by atoms with van der Waals surface area (Å²) in [5.74, 6) is -0.470. The van der Waals surface area contributed by atoms with E-state index < -0.39 is 5.76 Å². The lowest BCUT2D eigenvalue weighted by Gasteiger charge is -2.30. The number of aromatic amines is 1. The number of carbonyl (C=O) groups is 2. The molecule has 0 unspecified atom stereocenters. The van der Waals surface area contributed by atoms with E-state index in [2.05, 4.69) is 15.3 Å². The van der Waals surface area contributed by atoms with E-state index in [1.54, 1.807) is 4.90 Å². The molecule has 3 heterocycles. The molecule has 1 saturated heterocycles. The number of nitrogens with one attached hydrogen (secondary N) is 1. The number of piperidine rings is 1. The molecule has 1 aromatic heterocycles. The quantitative estimate of drug-likeness (QED) is 0.822. The zero-order valence-electron chi connectivity index (χ0n) is 12.2. The van der Waals surface area contributed by atoms with Gasteiger partial charge in [-0.25, -0.2) is 14.9 Å². The molecule has 0 spiro atoms. The molecule has 2 aliphatic heterocycles. The number of aromatic nitrogens is 2. The van der Waals surface area contributed by atoms with E-state index in [-0.39, 0.29) is 24.2 Å². The van der Waals surface area contributed by atoms with Crippen LogP contribution in [0.2, 0.25) is 0 Å². The second kappa shape index (κ2) is 5.74. The van der Waals surface area contributed by atoms with Crippen molar-refractivity contribution in [2.75, 3.05) is 19.6 Å². The molecule has 0 aliphatic carbocycles. The molecule has 118 valence electrons. The first-order valence-corrected chi connectivity index (χ1v) is 7.31. The van der Waals surface area contributed by atoms with Crippen molar-refractivity contribution in [1.29, 1.82) is 0 Å². The molecular formula is C13H17N5O4. The van der Waals surface area contributed by atoms with Gasteiger partial charge in [0.1, 0.15) is 5.71 Å². The Morgan fingerprint density at radius 1 is 1.36 bits per heavy atom. The van der Waals surface area contributed by atoms with Gasteiger partial charge in [-0.1, -0.05) is 0 Å². The number of likely N-dealkylation sites (tertiary alicyclic amines) is 1. The number of nitrogens with zero attached hydrogens (tertiary/aromatic N) is 4. The molecule has 1 fully saturated rings. The summed E-state index contributed by atoms with van der Waals surface area (Å²) < 4.78 is 4.96. The van der Waals surface area contributed by atoms with E-state index in [4.69, 9.17) is 4.42 Å².